The predicted molar refractivity (Wildman–Crippen MR) is 54.3 cm³/mol. The van der Waals surface area contributed by atoms with Crippen molar-refractivity contribution in [2.75, 3.05) is 19.8 Å². The second kappa shape index (κ2) is 6.97. The van der Waals surface area contributed by atoms with Crippen LogP contribution in [0.15, 0.2) is 0 Å². The molecule has 7 nitrogen and oxygen atoms in total. The van der Waals surface area contributed by atoms with Crippen molar-refractivity contribution >= 4 is 17.8 Å². The molecule has 0 spiro atoms. The van der Waals surface area contributed by atoms with E-state index in [4.69, 9.17) is 9.84 Å². The largest absolute Gasteiger partial charge is 0.394 e. The van der Waals surface area contributed by atoms with Crippen LogP contribution < -0.4 is 0 Å². The summed E-state index contributed by atoms with van der Waals surface area (Å²) in [6.45, 7) is 0.469. The number of carbonyl (C=O) groups excluding carboxylic acids is 3. The highest BCUT2D eigenvalue weighted by Gasteiger charge is 2.32. The number of rotatable bonds is 7. The summed E-state index contributed by atoms with van der Waals surface area (Å²) in [5, 5.41) is 8.95. The van der Waals surface area contributed by atoms with Crippen molar-refractivity contribution in [3.05, 3.63) is 0 Å². The summed E-state index contributed by atoms with van der Waals surface area (Å²) in [5.74, 6) is -1.61. The number of hydrogen-bond acceptors (Lipinski definition) is 6. The maximum Gasteiger partial charge on any atom is 0.333 e. The van der Waals surface area contributed by atoms with Gasteiger partial charge in [-0.1, -0.05) is 0 Å². The van der Waals surface area contributed by atoms with Crippen LogP contribution >= 0.6 is 0 Å². The van der Waals surface area contributed by atoms with Crippen molar-refractivity contribution in [3.8, 4) is 0 Å². The molecule has 1 N–H and O–H groups in total. The van der Waals surface area contributed by atoms with Crippen LogP contribution in [0.4, 0.5) is 0 Å². The molecule has 0 radical (unpaired) electrons. The Morgan fingerprint density at radius 2 is 1.88 bits per heavy atom. The number of aliphatic hydroxyl groups excluding tert-OH is 1. The van der Waals surface area contributed by atoms with Crippen LogP contribution in [0, 0.1) is 0 Å². The van der Waals surface area contributed by atoms with Gasteiger partial charge < -0.3 is 14.7 Å². The Bertz CT molecular complexity index is 287. The Hall–Kier alpha value is -1.47. The molecule has 0 saturated carbocycles. The summed E-state index contributed by atoms with van der Waals surface area (Å²) in [6, 6.07) is 0. The highest BCUT2D eigenvalue weighted by atomic mass is 16.7. The summed E-state index contributed by atoms with van der Waals surface area (Å²) >= 11 is 0. The molecular formula is C10H15NO6. The summed E-state index contributed by atoms with van der Waals surface area (Å²) in [5.41, 5.74) is 0. The van der Waals surface area contributed by atoms with Gasteiger partial charge in [0.1, 0.15) is 0 Å². The number of imide groups is 1. The Kier molecular flexibility index (Phi) is 5.58. The van der Waals surface area contributed by atoms with Gasteiger partial charge in [-0.3, -0.25) is 9.59 Å². The monoisotopic (exact) mass is 245 g/mol. The van der Waals surface area contributed by atoms with Crippen LogP contribution in [-0.2, 0) is 24.0 Å². The average molecular weight is 245 g/mol. The first-order valence-electron chi connectivity index (χ1n) is 5.40. The van der Waals surface area contributed by atoms with Crippen molar-refractivity contribution in [1.29, 1.82) is 0 Å². The fourth-order valence-electron chi connectivity index (χ4n) is 1.29. The smallest absolute Gasteiger partial charge is 0.333 e. The number of carbonyl (C=O) groups is 3. The number of aliphatic hydroxyl groups is 1. The van der Waals surface area contributed by atoms with Gasteiger partial charge in [0.25, 0.3) is 11.8 Å². The lowest BCUT2D eigenvalue weighted by Crippen LogP contribution is -2.32. The number of hydroxylamine groups is 2. The van der Waals surface area contributed by atoms with Crippen LogP contribution in [0.25, 0.3) is 0 Å². The SMILES string of the molecule is O=C(CCCOCCO)ON1C(=O)CCC1=O. The molecule has 0 aliphatic carbocycles. The Morgan fingerprint density at radius 1 is 1.24 bits per heavy atom. The third-order valence-electron chi connectivity index (χ3n) is 2.10. The minimum absolute atomic E-state index is 0.0580. The number of amides is 2. The van der Waals surface area contributed by atoms with Crippen molar-refractivity contribution < 1.29 is 29.1 Å². The van der Waals surface area contributed by atoms with Crippen molar-refractivity contribution in [2.24, 2.45) is 0 Å². The molecule has 0 aromatic rings. The van der Waals surface area contributed by atoms with Gasteiger partial charge in [0.15, 0.2) is 0 Å². The lowest BCUT2D eigenvalue weighted by Gasteiger charge is -2.12. The molecule has 0 aromatic carbocycles. The molecular weight excluding hydrogens is 230 g/mol. The maximum absolute atomic E-state index is 11.2. The van der Waals surface area contributed by atoms with E-state index in [-0.39, 0.29) is 32.5 Å². The van der Waals surface area contributed by atoms with Gasteiger partial charge in [-0.05, 0) is 6.42 Å². The molecule has 0 bridgehead atoms. The molecule has 96 valence electrons. The molecule has 17 heavy (non-hydrogen) atoms. The van der Waals surface area contributed by atoms with Crippen LogP contribution in [0.2, 0.25) is 0 Å². The van der Waals surface area contributed by atoms with Crippen LogP contribution in [0.1, 0.15) is 25.7 Å². The molecule has 0 unspecified atom stereocenters. The third kappa shape index (κ3) is 4.49. The normalized spacial score (nSPS) is 15.5. The average Bonchev–Trinajstić information content (AvgIpc) is 2.60. The van der Waals surface area contributed by atoms with Gasteiger partial charge in [0.05, 0.1) is 19.6 Å². The molecule has 1 heterocycles. The summed E-state index contributed by atoms with van der Waals surface area (Å²) in [6.07, 6.45) is 0.648. The zero-order valence-electron chi connectivity index (χ0n) is 9.39. The van der Waals surface area contributed by atoms with Gasteiger partial charge in [-0.15, -0.1) is 5.06 Å². The summed E-state index contributed by atoms with van der Waals surface area (Å²) in [4.78, 5) is 38.1. The predicted octanol–water partition coefficient (Wildman–Crippen LogP) is -0.617. The number of ether oxygens (including phenoxy) is 1. The minimum Gasteiger partial charge on any atom is -0.394 e. The van der Waals surface area contributed by atoms with Gasteiger partial charge >= 0.3 is 5.97 Å². The standard InChI is InChI=1S/C10H15NO6/c12-5-7-16-6-1-2-10(15)17-11-8(13)3-4-9(11)14/h12H,1-7H2. The van der Waals surface area contributed by atoms with Crippen molar-refractivity contribution in [3.63, 3.8) is 0 Å². The van der Waals surface area contributed by atoms with E-state index in [1.54, 1.807) is 0 Å². The van der Waals surface area contributed by atoms with E-state index in [0.717, 1.165) is 0 Å². The lowest BCUT2D eigenvalue weighted by molar-refractivity contribution is -0.197. The van der Waals surface area contributed by atoms with E-state index >= 15 is 0 Å². The number of hydrogen-bond donors (Lipinski definition) is 1. The van der Waals surface area contributed by atoms with Crippen LogP contribution in [0.3, 0.4) is 0 Å². The molecule has 1 aliphatic rings. The quantitative estimate of drug-likeness (QED) is 0.474. The highest BCUT2D eigenvalue weighted by molar-refractivity contribution is 6.01. The van der Waals surface area contributed by atoms with Gasteiger partial charge in [0, 0.05) is 19.4 Å². The van der Waals surface area contributed by atoms with E-state index in [0.29, 0.717) is 18.1 Å². The van der Waals surface area contributed by atoms with Crippen LogP contribution in [0.5, 0.6) is 0 Å². The Balaban J connectivity index is 2.16. The van der Waals surface area contributed by atoms with Gasteiger partial charge in [0.2, 0.25) is 0 Å². The zero-order valence-corrected chi connectivity index (χ0v) is 9.39. The van der Waals surface area contributed by atoms with Gasteiger partial charge in [-0.25, -0.2) is 4.79 Å². The molecule has 1 rings (SSSR count). The third-order valence-corrected chi connectivity index (χ3v) is 2.10. The fraction of sp³-hybridized carbons (Fsp3) is 0.700. The van der Waals surface area contributed by atoms with Crippen LogP contribution in [-0.4, -0.2) is 47.8 Å². The van der Waals surface area contributed by atoms with E-state index in [9.17, 15) is 14.4 Å². The topological polar surface area (TPSA) is 93.1 Å². The second-order valence-corrected chi connectivity index (χ2v) is 3.48. The maximum atomic E-state index is 11.2. The molecule has 0 atom stereocenters. The molecule has 0 aromatic heterocycles. The first-order chi connectivity index (χ1) is 8.15. The van der Waals surface area contributed by atoms with Crippen molar-refractivity contribution in [1.82, 2.24) is 5.06 Å². The zero-order chi connectivity index (χ0) is 12.7. The van der Waals surface area contributed by atoms with E-state index in [2.05, 4.69) is 4.84 Å². The fourth-order valence-corrected chi connectivity index (χ4v) is 1.29. The second-order valence-electron chi connectivity index (χ2n) is 3.48. The Morgan fingerprint density at radius 3 is 2.47 bits per heavy atom. The van der Waals surface area contributed by atoms with Gasteiger partial charge in [-0.2, -0.15) is 0 Å². The van der Waals surface area contributed by atoms with E-state index < -0.39 is 17.8 Å². The first kappa shape index (κ1) is 13.6. The summed E-state index contributed by atoms with van der Waals surface area (Å²) in [7, 11) is 0. The summed E-state index contributed by atoms with van der Waals surface area (Å²) < 4.78 is 4.94. The molecule has 1 aliphatic heterocycles. The Labute approximate surface area is 98.2 Å². The molecule has 2 amide bonds. The molecule has 7 heteroatoms. The number of nitrogens with zero attached hydrogens (tertiary/aromatic N) is 1. The first-order valence-corrected chi connectivity index (χ1v) is 5.40. The highest BCUT2D eigenvalue weighted by Crippen LogP contribution is 2.12. The van der Waals surface area contributed by atoms with E-state index in [1.807, 2.05) is 0 Å². The van der Waals surface area contributed by atoms with E-state index in [1.165, 1.54) is 0 Å². The van der Waals surface area contributed by atoms with Crippen molar-refractivity contribution in [2.45, 2.75) is 25.7 Å². The lowest BCUT2D eigenvalue weighted by atomic mass is 10.3. The molecule has 1 fully saturated rings. The molecule has 1 saturated heterocycles. The minimum atomic E-state index is -0.638.